The molecule has 2 N–H and O–H groups in total. The Labute approximate surface area is 127 Å². The van der Waals surface area contributed by atoms with Crippen LogP contribution in [0, 0.1) is 6.92 Å². The summed E-state index contributed by atoms with van der Waals surface area (Å²) in [5.41, 5.74) is -0.502. The van der Waals surface area contributed by atoms with Crippen molar-refractivity contribution in [3.8, 4) is 0 Å². The van der Waals surface area contributed by atoms with E-state index in [1.807, 2.05) is 6.92 Å². The Morgan fingerprint density at radius 1 is 1.62 bits per heavy atom. The van der Waals surface area contributed by atoms with E-state index in [-0.39, 0.29) is 12.2 Å². The highest BCUT2D eigenvalue weighted by Gasteiger charge is 2.38. The maximum atomic E-state index is 11.9. The molecule has 0 amide bonds. The molecule has 0 saturated carbocycles. The first kappa shape index (κ1) is 16.6. The molecule has 21 heavy (non-hydrogen) atoms. The summed E-state index contributed by atoms with van der Waals surface area (Å²) in [7, 11) is 0. The molecule has 0 aromatic carbocycles. The first-order valence-electron chi connectivity index (χ1n) is 6.67. The highest BCUT2D eigenvalue weighted by molar-refractivity contribution is 8.09. The van der Waals surface area contributed by atoms with Crippen LogP contribution in [-0.4, -0.2) is 33.3 Å². The molecule has 1 aromatic heterocycles. The van der Waals surface area contributed by atoms with Gasteiger partial charge in [0.25, 0.3) is 5.56 Å². The van der Waals surface area contributed by atoms with Crippen LogP contribution in [0.3, 0.4) is 0 Å². The monoisotopic (exact) mass is 334 g/mol. The average Bonchev–Trinajstić information content (AvgIpc) is 2.74. The van der Waals surface area contributed by atoms with Gasteiger partial charge in [0.2, 0.25) is 0 Å². The second-order valence-corrected chi connectivity index (χ2v) is 9.05. The van der Waals surface area contributed by atoms with Gasteiger partial charge < -0.3 is 14.2 Å². The number of hydrogen-bond acceptors (Lipinski definition) is 5. The molecular formula is C12H19N2O5PS. The Hall–Kier alpha value is -0.790. The lowest BCUT2D eigenvalue weighted by Crippen LogP contribution is -2.33. The predicted molar refractivity (Wildman–Crippen MR) is 82.2 cm³/mol. The van der Waals surface area contributed by atoms with Crippen molar-refractivity contribution in [1.29, 1.82) is 0 Å². The molecule has 4 atom stereocenters. The van der Waals surface area contributed by atoms with Gasteiger partial charge >= 0.3 is 5.69 Å². The molecule has 1 aliphatic heterocycles. The summed E-state index contributed by atoms with van der Waals surface area (Å²) in [4.78, 5) is 35.3. The maximum absolute atomic E-state index is 11.9. The molecule has 1 unspecified atom stereocenters. The Bertz CT molecular complexity index is 679. The highest BCUT2D eigenvalue weighted by Crippen LogP contribution is 2.44. The third-order valence-electron chi connectivity index (χ3n) is 3.37. The summed E-state index contributed by atoms with van der Waals surface area (Å²) in [5.74, 6) is 0. The first-order valence-corrected chi connectivity index (χ1v) is 9.79. The summed E-state index contributed by atoms with van der Waals surface area (Å²) in [6.07, 6.45) is 1.40. The summed E-state index contributed by atoms with van der Waals surface area (Å²) in [5, 5.41) is 0. The summed E-state index contributed by atoms with van der Waals surface area (Å²) >= 11 is 4.91. The molecule has 7 nitrogen and oxygen atoms in total. The van der Waals surface area contributed by atoms with E-state index in [9.17, 15) is 14.5 Å². The smallest absolute Gasteiger partial charge is 0.330 e. The standard InChI is InChI=1S/C12H19N2O5PS/c1-4-8-9(19-20(3,17)21)5-10(18-8)14-6-7(2)11(15)13-12(14)16/h6,8-10H,4-5H2,1-3H3,(H,17,21)(H,13,15,16)/t8-,9+,10-,20?/m1/s1. The molecule has 2 heterocycles. The van der Waals surface area contributed by atoms with E-state index in [1.54, 1.807) is 6.92 Å². The van der Waals surface area contributed by atoms with Crippen LogP contribution >= 0.6 is 6.49 Å². The van der Waals surface area contributed by atoms with Crippen LogP contribution in [0.15, 0.2) is 15.8 Å². The third kappa shape index (κ3) is 3.90. The van der Waals surface area contributed by atoms with Gasteiger partial charge in [0.05, 0.1) is 12.2 Å². The second kappa shape index (κ2) is 6.14. The molecule has 1 aromatic rings. The molecule has 1 aliphatic rings. The topological polar surface area (TPSA) is 93.6 Å². The number of hydrogen-bond donors (Lipinski definition) is 2. The SMILES string of the molecule is CC[C@H]1O[C@@H](n2cc(C)c(=O)[nH]c2=O)C[C@@H]1OP(C)(O)=S. The molecule has 9 heteroatoms. The van der Waals surface area contributed by atoms with Gasteiger partial charge in [-0.05, 0) is 25.2 Å². The van der Waals surface area contributed by atoms with E-state index in [2.05, 4.69) is 4.98 Å². The number of H-pyrrole nitrogens is 1. The van der Waals surface area contributed by atoms with Crippen LogP contribution in [0.4, 0.5) is 0 Å². The Kier molecular flexibility index (Phi) is 4.85. The van der Waals surface area contributed by atoms with E-state index in [1.165, 1.54) is 17.4 Å². The third-order valence-corrected chi connectivity index (χ3v) is 4.29. The van der Waals surface area contributed by atoms with Gasteiger partial charge in [-0.2, -0.15) is 0 Å². The van der Waals surface area contributed by atoms with Crippen molar-refractivity contribution in [2.45, 2.75) is 45.1 Å². The van der Waals surface area contributed by atoms with Gasteiger partial charge in [-0.3, -0.25) is 14.3 Å². The number of aromatic nitrogens is 2. The maximum Gasteiger partial charge on any atom is 0.330 e. The van der Waals surface area contributed by atoms with E-state index in [0.29, 0.717) is 18.4 Å². The summed E-state index contributed by atoms with van der Waals surface area (Å²) in [6.45, 7) is 2.23. The zero-order valence-electron chi connectivity index (χ0n) is 12.1. The van der Waals surface area contributed by atoms with Crippen molar-refractivity contribution in [1.82, 2.24) is 9.55 Å². The molecule has 0 aliphatic carbocycles. The Balaban J connectivity index is 2.27. The average molecular weight is 334 g/mol. The number of rotatable bonds is 4. The van der Waals surface area contributed by atoms with Gasteiger partial charge in [-0.25, -0.2) is 4.79 Å². The van der Waals surface area contributed by atoms with Crippen molar-refractivity contribution in [2.24, 2.45) is 0 Å². The van der Waals surface area contributed by atoms with Crippen LogP contribution < -0.4 is 11.2 Å². The van der Waals surface area contributed by atoms with Crippen molar-refractivity contribution >= 4 is 18.3 Å². The lowest BCUT2D eigenvalue weighted by molar-refractivity contribution is -0.0179. The largest absolute Gasteiger partial charge is 0.352 e. The molecule has 0 spiro atoms. The number of nitrogens with zero attached hydrogens (tertiary/aromatic N) is 1. The minimum Gasteiger partial charge on any atom is -0.352 e. The molecule has 0 bridgehead atoms. The van der Waals surface area contributed by atoms with E-state index in [4.69, 9.17) is 21.1 Å². The second-order valence-electron chi connectivity index (χ2n) is 5.20. The van der Waals surface area contributed by atoms with Gasteiger partial charge in [0, 0.05) is 24.8 Å². The minimum absolute atomic E-state index is 0.247. The highest BCUT2D eigenvalue weighted by atomic mass is 32.5. The van der Waals surface area contributed by atoms with E-state index in [0.717, 1.165) is 0 Å². The van der Waals surface area contributed by atoms with Crippen molar-refractivity contribution in [2.75, 3.05) is 6.66 Å². The van der Waals surface area contributed by atoms with Gasteiger partial charge in [0.15, 0.2) is 6.49 Å². The molecule has 1 fully saturated rings. The van der Waals surface area contributed by atoms with Crippen molar-refractivity contribution < 1.29 is 14.2 Å². The zero-order valence-corrected chi connectivity index (χ0v) is 13.8. The van der Waals surface area contributed by atoms with Gasteiger partial charge in [-0.15, -0.1) is 0 Å². The Morgan fingerprint density at radius 2 is 2.29 bits per heavy atom. The lowest BCUT2D eigenvalue weighted by Gasteiger charge is -2.20. The van der Waals surface area contributed by atoms with Crippen LogP contribution in [0.1, 0.15) is 31.6 Å². The summed E-state index contributed by atoms with van der Waals surface area (Å²) in [6, 6.07) is 0. The molecule has 0 radical (unpaired) electrons. The van der Waals surface area contributed by atoms with Crippen molar-refractivity contribution in [3.63, 3.8) is 0 Å². The zero-order chi connectivity index (χ0) is 15.8. The summed E-state index contributed by atoms with van der Waals surface area (Å²) < 4.78 is 12.7. The number of nitrogens with one attached hydrogen (secondary N) is 1. The molecule has 2 rings (SSSR count). The lowest BCUT2D eigenvalue weighted by atomic mass is 10.1. The minimum atomic E-state index is -2.80. The molecule has 118 valence electrons. The van der Waals surface area contributed by atoms with Crippen LogP contribution in [0.2, 0.25) is 0 Å². The normalized spacial score (nSPS) is 28.5. The van der Waals surface area contributed by atoms with Gasteiger partial charge in [-0.1, -0.05) is 6.92 Å². The van der Waals surface area contributed by atoms with E-state index < -0.39 is 24.0 Å². The van der Waals surface area contributed by atoms with Crippen molar-refractivity contribution in [3.05, 3.63) is 32.6 Å². The van der Waals surface area contributed by atoms with Gasteiger partial charge in [0.1, 0.15) is 6.23 Å². The molecule has 1 saturated heterocycles. The fraction of sp³-hybridized carbons (Fsp3) is 0.667. The number of aromatic amines is 1. The Morgan fingerprint density at radius 3 is 2.86 bits per heavy atom. The fourth-order valence-electron chi connectivity index (χ4n) is 2.40. The first-order chi connectivity index (χ1) is 9.71. The number of aryl methyl sites for hydroxylation is 1. The predicted octanol–water partition coefficient (Wildman–Crippen LogP) is 0.859. The van der Waals surface area contributed by atoms with E-state index >= 15 is 0 Å². The number of ether oxygens (including phenoxy) is 1. The fourth-order valence-corrected chi connectivity index (χ4v) is 3.45. The van der Waals surface area contributed by atoms with Crippen LogP contribution in [-0.2, 0) is 21.1 Å². The van der Waals surface area contributed by atoms with Crippen LogP contribution in [0.5, 0.6) is 0 Å². The van der Waals surface area contributed by atoms with Crippen LogP contribution in [0.25, 0.3) is 0 Å². The quantitative estimate of drug-likeness (QED) is 0.793. The molecular weight excluding hydrogens is 315 g/mol.